The van der Waals surface area contributed by atoms with Gasteiger partial charge < -0.3 is 4.74 Å². The first-order chi connectivity index (χ1) is 19.2. The molecule has 0 aromatic carbocycles. The standard InChI is InChI=1S/C36H70O3.Pb.Zn.2H/c1-3-5-7-9-11-13-15-17-19-21-23-25-27-29-31-33-35(37)39-36(38)34-32-30-28-26-24-22-20-18-16-14-12-10-8-6-4-2;;;;/h3-34H2,1-2H3;;;;. The van der Waals surface area contributed by atoms with Gasteiger partial charge in [0, 0.05) is 32.3 Å². The molecule has 0 fully saturated rings. The zero-order chi connectivity index (χ0) is 28.5. The third-order valence-corrected chi connectivity index (χ3v) is 8.20. The van der Waals surface area contributed by atoms with Crippen molar-refractivity contribution in [2.24, 2.45) is 0 Å². The van der Waals surface area contributed by atoms with Crippen LogP contribution >= 0.6 is 0 Å². The molecule has 41 heavy (non-hydrogen) atoms. The van der Waals surface area contributed by atoms with Gasteiger partial charge in [0.2, 0.25) is 0 Å². The molecule has 0 bridgehead atoms. The van der Waals surface area contributed by atoms with E-state index in [0.717, 1.165) is 25.7 Å². The van der Waals surface area contributed by atoms with Crippen LogP contribution in [0, 0.1) is 0 Å². The summed E-state index contributed by atoms with van der Waals surface area (Å²) < 4.78 is 5.01. The van der Waals surface area contributed by atoms with E-state index < -0.39 is 0 Å². The van der Waals surface area contributed by atoms with Gasteiger partial charge in [0.15, 0.2) is 0 Å². The van der Waals surface area contributed by atoms with Crippen LogP contribution in [0.25, 0.3) is 0 Å². The molecule has 0 unspecified atom stereocenters. The summed E-state index contributed by atoms with van der Waals surface area (Å²) in [4.78, 5) is 23.8. The Morgan fingerprint density at radius 3 is 0.707 bits per heavy atom. The Kier molecular flexibility index (Phi) is 45.8. The third kappa shape index (κ3) is 40.7. The molecule has 0 saturated carbocycles. The summed E-state index contributed by atoms with van der Waals surface area (Å²) in [5, 5.41) is 0. The van der Waals surface area contributed by atoms with Gasteiger partial charge in [-0.1, -0.05) is 194 Å². The number of hydrogen-bond donors (Lipinski definition) is 0. The van der Waals surface area contributed by atoms with Crippen molar-refractivity contribution >= 4 is 39.2 Å². The van der Waals surface area contributed by atoms with Crippen LogP contribution in [0.1, 0.15) is 219 Å². The Bertz CT molecular complexity index is 471. The quantitative estimate of drug-likeness (QED) is 0.0294. The van der Waals surface area contributed by atoms with Gasteiger partial charge in [0.1, 0.15) is 0 Å². The minimum Gasteiger partial charge on any atom is 0 e. The van der Waals surface area contributed by atoms with Crippen LogP contribution < -0.4 is 0 Å². The van der Waals surface area contributed by atoms with E-state index in [1.165, 1.54) is 167 Å². The molecule has 0 amide bonds. The van der Waals surface area contributed by atoms with Crippen LogP contribution in [0.3, 0.4) is 0 Å². The molecular weight excluding hydrogens is 753 g/mol. The molecule has 0 heterocycles. The first-order valence-corrected chi connectivity index (χ1v) is 17.9. The topological polar surface area (TPSA) is 43.4 Å². The molecule has 0 aliphatic heterocycles. The van der Waals surface area contributed by atoms with E-state index in [2.05, 4.69) is 13.8 Å². The van der Waals surface area contributed by atoms with Crippen LogP contribution in [-0.2, 0) is 33.8 Å². The molecule has 0 aromatic rings. The van der Waals surface area contributed by atoms with Crippen LogP contribution in [0.4, 0.5) is 0 Å². The zero-order valence-corrected chi connectivity index (χ0v) is 36.7. The maximum Gasteiger partial charge on any atom is 0 e. The van der Waals surface area contributed by atoms with E-state index in [9.17, 15) is 9.59 Å². The van der Waals surface area contributed by atoms with E-state index in [1.54, 1.807) is 0 Å². The Morgan fingerprint density at radius 1 is 0.341 bits per heavy atom. The van der Waals surface area contributed by atoms with Crippen LogP contribution in [-0.4, -0.2) is 39.2 Å². The number of hydrogen-bond acceptors (Lipinski definition) is 3. The minimum atomic E-state index is -0.323. The second-order valence-corrected chi connectivity index (χ2v) is 12.2. The van der Waals surface area contributed by atoms with Gasteiger partial charge in [-0.25, -0.2) is 0 Å². The van der Waals surface area contributed by atoms with Crippen molar-refractivity contribution in [1.29, 1.82) is 0 Å². The van der Waals surface area contributed by atoms with Crippen molar-refractivity contribution in [2.45, 2.75) is 219 Å². The summed E-state index contributed by atoms with van der Waals surface area (Å²) in [6.07, 6.45) is 40.1. The second kappa shape index (κ2) is 40.7. The average molecular weight is 826 g/mol. The smallest absolute Gasteiger partial charge is 0 e. The summed E-state index contributed by atoms with van der Waals surface area (Å²) >= 11 is 0. The maximum absolute atomic E-state index is 11.9. The third-order valence-electron chi connectivity index (χ3n) is 8.20. The number of unbranched alkanes of at least 4 members (excludes halogenated alkanes) is 28. The molecule has 5 heteroatoms. The number of ether oxygens (including phenoxy) is 1. The maximum atomic E-state index is 11.9. The number of carbonyl (C=O) groups is 2. The monoisotopic (exact) mass is 824 g/mol. The molecule has 0 aliphatic rings. The van der Waals surface area contributed by atoms with Crippen LogP contribution in [0.15, 0.2) is 0 Å². The Balaban J connectivity index is -0.00000722. The molecule has 2 radical (unpaired) electrons. The van der Waals surface area contributed by atoms with Crippen molar-refractivity contribution in [1.82, 2.24) is 0 Å². The largest absolute Gasteiger partial charge is 0 e. The van der Waals surface area contributed by atoms with Crippen LogP contribution in [0.2, 0.25) is 0 Å². The van der Waals surface area contributed by atoms with E-state index in [4.69, 9.17) is 4.74 Å². The van der Waals surface area contributed by atoms with Crippen molar-refractivity contribution in [3.63, 3.8) is 0 Å². The van der Waals surface area contributed by atoms with Crippen molar-refractivity contribution in [3.8, 4) is 0 Å². The van der Waals surface area contributed by atoms with E-state index in [-0.39, 0.29) is 58.7 Å². The molecule has 0 aromatic heterocycles. The molecule has 0 aliphatic carbocycles. The SMILES string of the molecule is CCCCCCCCCCCCCCCCCC(=O)OC(=O)CCCCCCCCCCCCCCCCC.[PbH2].[Zn]. The predicted molar refractivity (Wildman–Crippen MR) is 179 cm³/mol. The van der Waals surface area contributed by atoms with Gasteiger partial charge >= 0.3 is 39.2 Å². The van der Waals surface area contributed by atoms with Gasteiger partial charge in [0.25, 0.3) is 0 Å². The van der Waals surface area contributed by atoms with Gasteiger partial charge in [-0.15, -0.1) is 0 Å². The van der Waals surface area contributed by atoms with E-state index >= 15 is 0 Å². The summed E-state index contributed by atoms with van der Waals surface area (Å²) in [5.74, 6) is -0.647. The average Bonchev–Trinajstić information content (AvgIpc) is 2.93. The normalized spacial score (nSPS) is 10.7. The second-order valence-electron chi connectivity index (χ2n) is 12.2. The summed E-state index contributed by atoms with van der Waals surface area (Å²) in [6, 6.07) is 0. The Hall–Kier alpha value is 0.685. The fraction of sp³-hybridized carbons (Fsp3) is 0.944. The van der Waals surface area contributed by atoms with E-state index in [0.29, 0.717) is 12.8 Å². The molecule has 0 rings (SSSR count). The Labute approximate surface area is 290 Å². The first-order valence-electron chi connectivity index (χ1n) is 17.9. The molecule has 3 nitrogen and oxygen atoms in total. The fourth-order valence-corrected chi connectivity index (χ4v) is 5.51. The summed E-state index contributed by atoms with van der Waals surface area (Å²) in [5.41, 5.74) is 0. The molecule has 0 atom stereocenters. The molecule has 240 valence electrons. The summed E-state index contributed by atoms with van der Waals surface area (Å²) in [7, 11) is 0. The Morgan fingerprint density at radius 2 is 0.512 bits per heavy atom. The number of esters is 2. The van der Waals surface area contributed by atoms with E-state index in [1.807, 2.05) is 0 Å². The van der Waals surface area contributed by atoms with Crippen molar-refractivity contribution in [2.75, 3.05) is 0 Å². The van der Waals surface area contributed by atoms with Gasteiger partial charge in [-0.05, 0) is 12.8 Å². The molecule has 0 N–H and O–H groups in total. The van der Waals surface area contributed by atoms with Crippen LogP contribution in [0.5, 0.6) is 0 Å². The molecule has 0 saturated heterocycles. The summed E-state index contributed by atoms with van der Waals surface area (Å²) in [6.45, 7) is 4.55. The zero-order valence-electron chi connectivity index (χ0n) is 28.3. The first kappa shape index (κ1) is 46.1. The van der Waals surface area contributed by atoms with Gasteiger partial charge in [0.05, 0.1) is 0 Å². The van der Waals surface area contributed by atoms with Gasteiger partial charge in [-0.2, -0.15) is 0 Å². The molecule has 0 spiro atoms. The number of carbonyl (C=O) groups excluding carboxylic acids is 2. The van der Waals surface area contributed by atoms with Crippen molar-refractivity contribution in [3.05, 3.63) is 0 Å². The minimum absolute atomic E-state index is 0. The van der Waals surface area contributed by atoms with Crippen molar-refractivity contribution < 1.29 is 33.8 Å². The molecular formula is C36H72O3PbZn. The van der Waals surface area contributed by atoms with Gasteiger partial charge in [-0.3, -0.25) is 9.59 Å². The predicted octanol–water partition coefficient (Wildman–Crippen LogP) is 11.7. The fourth-order valence-electron chi connectivity index (χ4n) is 5.51. The number of rotatable bonds is 32.